The van der Waals surface area contributed by atoms with Gasteiger partial charge in [0.1, 0.15) is 18.2 Å². The topological polar surface area (TPSA) is 87.4 Å². The van der Waals surface area contributed by atoms with Crippen LogP contribution >= 0.6 is 0 Å². The van der Waals surface area contributed by atoms with E-state index in [9.17, 15) is 4.79 Å². The highest BCUT2D eigenvalue weighted by Crippen LogP contribution is 2.20. The lowest BCUT2D eigenvalue weighted by Gasteiger charge is -2.28. The van der Waals surface area contributed by atoms with Crippen LogP contribution in [0.3, 0.4) is 0 Å². The van der Waals surface area contributed by atoms with Crippen molar-refractivity contribution in [1.29, 1.82) is 0 Å². The van der Waals surface area contributed by atoms with Gasteiger partial charge in [0.2, 0.25) is 5.91 Å². The third-order valence-corrected chi connectivity index (χ3v) is 5.40. The number of rotatable bonds is 5. The summed E-state index contributed by atoms with van der Waals surface area (Å²) in [5, 5.41) is 15.8. The van der Waals surface area contributed by atoms with Crippen molar-refractivity contribution in [2.45, 2.75) is 76.9 Å². The van der Waals surface area contributed by atoms with Crippen LogP contribution in [-0.2, 0) is 17.8 Å². The standard InChI is InChI=1S/C19H33N7O/c1-13(2)18-24-23-16-10-9-15(12-26(16)18)22-19(20-11-17(27)25(3)4)21-14-7-5-6-8-14/h13-15H,5-12H2,1-4H3,(H2,20,21,22). The Kier molecular flexibility index (Phi) is 6.34. The van der Waals surface area contributed by atoms with E-state index in [0.29, 0.717) is 12.0 Å². The predicted octanol–water partition coefficient (Wildman–Crippen LogP) is 1.28. The van der Waals surface area contributed by atoms with E-state index in [2.05, 4.69) is 44.2 Å². The molecule has 2 heterocycles. The number of nitrogens with zero attached hydrogens (tertiary/aromatic N) is 5. The summed E-state index contributed by atoms with van der Waals surface area (Å²) in [5.74, 6) is 3.23. The summed E-state index contributed by atoms with van der Waals surface area (Å²) in [6, 6.07) is 0.708. The first-order chi connectivity index (χ1) is 12.9. The SMILES string of the molecule is CC(C)c1nnc2n1CC(NC(=NCC(=O)N(C)C)NC1CCCC1)CC2. The number of fused-ring (bicyclic) bond motifs is 1. The lowest BCUT2D eigenvalue weighted by molar-refractivity contribution is -0.127. The van der Waals surface area contributed by atoms with Crippen LogP contribution in [0.5, 0.6) is 0 Å². The minimum atomic E-state index is 0.00866. The van der Waals surface area contributed by atoms with Crippen LogP contribution in [0.15, 0.2) is 4.99 Å². The van der Waals surface area contributed by atoms with Crippen molar-refractivity contribution in [3.8, 4) is 0 Å². The molecular formula is C19H33N7O. The molecule has 8 heteroatoms. The third-order valence-electron chi connectivity index (χ3n) is 5.40. The van der Waals surface area contributed by atoms with Gasteiger partial charge in [-0.05, 0) is 19.3 Å². The number of guanidine groups is 1. The molecule has 1 aliphatic heterocycles. The maximum atomic E-state index is 12.0. The first kappa shape index (κ1) is 19.6. The molecule has 1 amide bonds. The second-order valence-corrected chi connectivity index (χ2v) is 8.20. The van der Waals surface area contributed by atoms with Gasteiger partial charge in [-0.1, -0.05) is 26.7 Å². The molecule has 2 N–H and O–H groups in total. The van der Waals surface area contributed by atoms with Crippen LogP contribution in [0.4, 0.5) is 0 Å². The molecule has 150 valence electrons. The molecule has 0 aromatic carbocycles. The van der Waals surface area contributed by atoms with E-state index < -0.39 is 0 Å². The molecule has 1 aromatic heterocycles. The number of nitrogens with one attached hydrogen (secondary N) is 2. The normalized spacial score (nSPS) is 20.6. The minimum absolute atomic E-state index is 0.00866. The summed E-state index contributed by atoms with van der Waals surface area (Å²) in [5.41, 5.74) is 0. The fourth-order valence-electron chi connectivity index (χ4n) is 3.77. The van der Waals surface area contributed by atoms with E-state index in [-0.39, 0.29) is 18.5 Å². The molecule has 1 atom stereocenters. The first-order valence-corrected chi connectivity index (χ1v) is 10.1. The Hall–Kier alpha value is -2.12. The lowest BCUT2D eigenvalue weighted by Crippen LogP contribution is -2.49. The number of carbonyl (C=O) groups excluding carboxylic acids is 1. The summed E-state index contributed by atoms with van der Waals surface area (Å²) in [4.78, 5) is 18.1. The summed E-state index contributed by atoms with van der Waals surface area (Å²) in [7, 11) is 3.52. The number of carbonyl (C=O) groups is 1. The van der Waals surface area contributed by atoms with Crippen LogP contribution in [0, 0.1) is 0 Å². The van der Waals surface area contributed by atoms with Gasteiger partial charge in [-0.15, -0.1) is 10.2 Å². The maximum absolute atomic E-state index is 12.0. The zero-order valence-electron chi connectivity index (χ0n) is 17.0. The Morgan fingerprint density at radius 1 is 1.19 bits per heavy atom. The Morgan fingerprint density at radius 2 is 1.89 bits per heavy atom. The second kappa shape index (κ2) is 8.71. The Labute approximate surface area is 161 Å². The number of amides is 1. The highest BCUT2D eigenvalue weighted by atomic mass is 16.2. The van der Waals surface area contributed by atoms with Gasteiger partial charge in [0, 0.05) is 45.1 Å². The zero-order chi connectivity index (χ0) is 19.4. The molecule has 1 fully saturated rings. The van der Waals surface area contributed by atoms with E-state index >= 15 is 0 Å². The molecule has 0 radical (unpaired) electrons. The van der Waals surface area contributed by atoms with E-state index in [1.165, 1.54) is 25.7 Å². The van der Waals surface area contributed by atoms with Crippen LogP contribution in [0.25, 0.3) is 0 Å². The molecule has 3 rings (SSSR count). The van der Waals surface area contributed by atoms with Crippen molar-refractivity contribution >= 4 is 11.9 Å². The van der Waals surface area contributed by atoms with Gasteiger partial charge in [-0.2, -0.15) is 0 Å². The third kappa shape index (κ3) is 4.99. The highest BCUT2D eigenvalue weighted by molar-refractivity contribution is 5.85. The van der Waals surface area contributed by atoms with Crippen molar-refractivity contribution in [2.75, 3.05) is 20.6 Å². The number of likely N-dealkylation sites (N-methyl/N-ethyl adjacent to an activating group) is 1. The minimum Gasteiger partial charge on any atom is -0.354 e. The fourth-order valence-corrected chi connectivity index (χ4v) is 3.77. The van der Waals surface area contributed by atoms with Crippen molar-refractivity contribution < 1.29 is 4.79 Å². The monoisotopic (exact) mass is 375 g/mol. The molecule has 1 unspecified atom stereocenters. The van der Waals surface area contributed by atoms with Crippen LogP contribution in [0.2, 0.25) is 0 Å². The molecule has 0 bridgehead atoms. The number of hydrogen-bond donors (Lipinski definition) is 2. The zero-order valence-corrected chi connectivity index (χ0v) is 17.0. The number of aromatic nitrogens is 3. The van der Waals surface area contributed by atoms with Crippen molar-refractivity contribution in [3.63, 3.8) is 0 Å². The molecule has 0 saturated heterocycles. The van der Waals surface area contributed by atoms with Crippen molar-refractivity contribution in [1.82, 2.24) is 30.3 Å². The smallest absolute Gasteiger partial charge is 0.243 e. The molecule has 2 aliphatic rings. The van der Waals surface area contributed by atoms with Crippen LogP contribution in [0.1, 0.15) is 63.5 Å². The first-order valence-electron chi connectivity index (χ1n) is 10.1. The summed E-state index contributed by atoms with van der Waals surface area (Å²) in [6.07, 6.45) is 6.74. The summed E-state index contributed by atoms with van der Waals surface area (Å²) < 4.78 is 2.24. The molecule has 1 aliphatic carbocycles. The molecular weight excluding hydrogens is 342 g/mol. The van der Waals surface area contributed by atoms with Gasteiger partial charge in [0.05, 0.1) is 0 Å². The van der Waals surface area contributed by atoms with Crippen molar-refractivity contribution in [3.05, 3.63) is 11.6 Å². The molecule has 0 spiro atoms. The van der Waals surface area contributed by atoms with Gasteiger partial charge < -0.3 is 20.1 Å². The van der Waals surface area contributed by atoms with Crippen LogP contribution in [-0.4, -0.2) is 64.3 Å². The summed E-state index contributed by atoms with van der Waals surface area (Å²) in [6.45, 7) is 5.30. The molecule has 8 nitrogen and oxygen atoms in total. The largest absolute Gasteiger partial charge is 0.354 e. The molecule has 1 aromatic rings. The predicted molar refractivity (Wildman–Crippen MR) is 106 cm³/mol. The molecule has 27 heavy (non-hydrogen) atoms. The van der Waals surface area contributed by atoms with Gasteiger partial charge in [-0.25, -0.2) is 4.99 Å². The van der Waals surface area contributed by atoms with E-state index in [1.54, 1.807) is 19.0 Å². The lowest BCUT2D eigenvalue weighted by atomic mass is 10.1. The van der Waals surface area contributed by atoms with E-state index in [4.69, 9.17) is 0 Å². The number of aliphatic imine (C=N–C) groups is 1. The van der Waals surface area contributed by atoms with E-state index in [0.717, 1.165) is 37.0 Å². The summed E-state index contributed by atoms with van der Waals surface area (Å²) >= 11 is 0. The Balaban J connectivity index is 1.68. The fraction of sp³-hybridized carbons (Fsp3) is 0.789. The molecule has 1 saturated carbocycles. The Morgan fingerprint density at radius 3 is 2.56 bits per heavy atom. The van der Waals surface area contributed by atoms with Gasteiger partial charge in [-0.3, -0.25) is 4.79 Å². The van der Waals surface area contributed by atoms with Gasteiger partial charge >= 0.3 is 0 Å². The van der Waals surface area contributed by atoms with Gasteiger partial charge in [0.15, 0.2) is 5.96 Å². The number of hydrogen-bond acceptors (Lipinski definition) is 4. The number of aryl methyl sites for hydroxylation is 1. The van der Waals surface area contributed by atoms with E-state index in [1.807, 2.05) is 0 Å². The average molecular weight is 376 g/mol. The highest BCUT2D eigenvalue weighted by Gasteiger charge is 2.25. The average Bonchev–Trinajstić information content (AvgIpc) is 3.28. The van der Waals surface area contributed by atoms with Crippen molar-refractivity contribution in [2.24, 2.45) is 4.99 Å². The quantitative estimate of drug-likeness (QED) is 0.598. The Bertz CT molecular complexity index is 674. The maximum Gasteiger partial charge on any atom is 0.243 e. The van der Waals surface area contributed by atoms with Gasteiger partial charge in [0.25, 0.3) is 0 Å². The van der Waals surface area contributed by atoms with Crippen LogP contribution < -0.4 is 10.6 Å². The second-order valence-electron chi connectivity index (χ2n) is 8.20.